The molecule has 0 bridgehead atoms. The van der Waals surface area contributed by atoms with Crippen LogP contribution in [0.1, 0.15) is 63.2 Å². The number of pyridine rings is 1. The van der Waals surface area contributed by atoms with E-state index in [1.807, 2.05) is 18.2 Å². The SMILES string of the molecule is COc1cc2c(Oc3ccc(NC(=O)c4ccccc4)cc3)c(Br)cnc2cc1OCCC(NC(=O)OC(C)(C)C)C(=O)OC1CCCC1. The number of fused-ring (bicyclic) bond motifs is 1. The lowest BCUT2D eigenvalue weighted by Crippen LogP contribution is -2.45. The first kappa shape index (κ1) is 35.5. The number of anilines is 1. The smallest absolute Gasteiger partial charge is 0.408 e. The molecule has 1 fully saturated rings. The number of methoxy groups -OCH3 is 1. The van der Waals surface area contributed by atoms with Crippen molar-refractivity contribution in [2.75, 3.05) is 19.0 Å². The van der Waals surface area contributed by atoms with Gasteiger partial charge in [-0.25, -0.2) is 9.59 Å². The largest absolute Gasteiger partial charge is 0.493 e. The van der Waals surface area contributed by atoms with Crippen LogP contribution in [0.4, 0.5) is 10.5 Å². The summed E-state index contributed by atoms with van der Waals surface area (Å²) in [6.45, 7) is 5.32. The molecule has 12 heteroatoms. The second kappa shape index (κ2) is 16.0. The van der Waals surface area contributed by atoms with Crippen LogP contribution in [-0.2, 0) is 14.3 Å². The topological polar surface area (TPSA) is 134 Å². The van der Waals surface area contributed by atoms with Gasteiger partial charge >= 0.3 is 12.1 Å². The summed E-state index contributed by atoms with van der Waals surface area (Å²) < 4.78 is 29.7. The Kier molecular flexibility index (Phi) is 11.6. The second-order valence-electron chi connectivity index (χ2n) is 12.6. The van der Waals surface area contributed by atoms with Crippen LogP contribution in [0.5, 0.6) is 23.0 Å². The monoisotopic (exact) mass is 733 g/mol. The predicted octanol–water partition coefficient (Wildman–Crippen LogP) is 8.20. The van der Waals surface area contributed by atoms with Gasteiger partial charge in [-0.2, -0.15) is 0 Å². The summed E-state index contributed by atoms with van der Waals surface area (Å²) in [4.78, 5) is 42.7. The number of carbonyl (C=O) groups is 3. The molecule has 1 saturated carbocycles. The van der Waals surface area contributed by atoms with E-state index in [-0.39, 0.29) is 25.0 Å². The Morgan fingerprint density at radius 3 is 2.37 bits per heavy atom. The fourth-order valence-corrected chi connectivity index (χ4v) is 5.68. The van der Waals surface area contributed by atoms with E-state index in [2.05, 4.69) is 31.5 Å². The van der Waals surface area contributed by atoms with Gasteiger partial charge in [-0.1, -0.05) is 18.2 Å². The third-order valence-electron chi connectivity index (χ3n) is 7.65. The van der Waals surface area contributed by atoms with Crippen LogP contribution in [0, 0.1) is 0 Å². The highest BCUT2D eigenvalue weighted by atomic mass is 79.9. The molecule has 11 nitrogen and oxygen atoms in total. The van der Waals surface area contributed by atoms with Gasteiger partial charge in [0.1, 0.15) is 23.5 Å². The molecule has 0 spiro atoms. The van der Waals surface area contributed by atoms with Crippen LogP contribution >= 0.6 is 15.9 Å². The Balaban J connectivity index is 1.28. The van der Waals surface area contributed by atoms with Gasteiger partial charge in [0, 0.05) is 35.3 Å². The van der Waals surface area contributed by atoms with Crippen LogP contribution in [-0.4, -0.2) is 54.4 Å². The Morgan fingerprint density at radius 2 is 1.69 bits per heavy atom. The molecule has 1 aliphatic rings. The van der Waals surface area contributed by atoms with E-state index in [1.54, 1.807) is 75.5 Å². The molecule has 0 radical (unpaired) electrons. The predicted molar refractivity (Wildman–Crippen MR) is 189 cm³/mol. The maximum absolute atomic E-state index is 13.1. The van der Waals surface area contributed by atoms with E-state index in [1.165, 1.54) is 7.11 Å². The van der Waals surface area contributed by atoms with Gasteiger partial charge in [0.15, 0.2) is 17.2 Å². The molecule has 2 amide bonds. The lowest BCUT2D eigenvalue weighted by Gasteiger charge is -2.24. The average Bonchev–Trinajstić information content (AvgIpc) is 3.58. The molecule has 4 aromatic rings. The first-order valence-electron chi connectivity index (χ1n) is 16.1. The van der Waals surface area contributed by atoms with Crippen LogP contribution in [0.25, 0.3) is 10.9 Å². The maximum atomic E-state index is 13.1. The van der Waals surface area contributed by atoms with Gasteiger partial charge in [0.2, 0.25) is 0 Å². The number of hydrogen-bond acceptors (Lipinski definition) is 9. The number of carbonyl (C=O) groups excluding carboxylic acids is 3. The highest BCUT2D eigenvalue weighted by Crippen LogP contribution is 2.41. The zero-order valence-electron chi connectivity index (χ0n) is 27.9. The normalized spacial score (nSPS) is 13.7. The second-order valence-corrected chi connectivity index (χ2v) is 13.4. The minimum absolute atomic E-state index is 0.0646. The fourth-order valence-electron chi connectivity index (χ4n) is 5.28. The van der Waals surface area contributed by atoms with E-state index in [9.17, 15) is 14.4 Å². The molecule has 2 N–H and O–H groups in total. The zero-order chi connectivity index (χ0) is 35.0. The molecule has 1 aromatic heterocycles. The van der Waals surface area contributed by atoms with Crippen molar-refractivity contribution in [3.63, 3.8) is 0 Å². The van der Waals surface area contributed by atoms with E-state index in [4.69, 9.17) is 23.7 Å². The minimum atomic E-state index is -0.964. The van der Waals surface area contributed by atoms with Gasteiger partial charge in [-0.05, 0) is 105 Å². The number of esters is 1. The summed E-state index contributed by atoms with van der Waals surface area (Å²) in [7, 11) is 1.52. The van der Waals surface area contributed by atoms with Crippen molar-refractivity contribution in [3.8, 4) is 23.0 Å². The zero-order valence-corrected chi connectivity index (χ0v) is 29.5. The quantitative estimate of drug-likeness (QED) is 0.138. The summed E-state index contributed by atoms with van der Waals surface area (Å²) in [5.41, 5.74) is 1.03. The van der Waals surface area contributed by atoms with Crippen molar-refractivity contribution in [1.82, 2.24) is 10.3 Å². The lowest BCUT2D eigenvalue weighted by molar-refractivity contribution is -0.151. The molecule has 1 aliphatic carbocycles. The highest BCUT2D eigenvalue weighted by Gasteiger charge is 2.29. The number of amides is 2. The first-order chi connectivity index (χ1) is 23.5. The van der Waals surface area contributed by atoms with E-state index in [0.29, 0.717) is 49.6 Å². The number of benzene rings is 3. The number of nitrogens with zero attached hydrogens (tertiary/aromatic N) is 1. The van der Waals surface area contributed by atoms with Crippen LogP contribution in [0.3, 0.4) is 0 Å². The summed E-state index contributed by atoms with van der Waals surface area (Å²) in [5.74, 6) is 1.13. The van der Waals surface area contributed by atoms with Crippen LogP contribution < -0.4 is 24.8 Å². The fraction of sp³-hybridized carbons (Fsp3) is 0.351. The molecule has 5 rings (SSSR count). The van der Waals surface area contributed by atoms with Crippen molar-refractivity contribution in [2.24, 2.45) is 0 Å². The maximum Gasteiger partial charge on any atom is 0.408 e. The van der Waals surface area contributed by atoms with Gasteiger partial charge < -0.3 is 34.3 Å². The lowest BCUT2D eigenvalue weighted by atomic mass is 10.1. The molecule has 49 heavy (non-hydrogen) atoms. The van der Waals surface area contributed by atoms with Gasteiger partial charge in [0.25, 0.3) is 5.91 Å². The van der Waals surface area contributed by atoms with Crippen molar-refractivity contribution in [1.29, 1.82) is 0 Å². The summed E-state index contributed by atoms with van der Waals surface area (Å²) in [5, 5.41) is 6.18. The Hall–Kier alpha value is -4.84. The number of aromatic nitrogens is 1. The van der Waals surface area contributed by atoms with Crippen LogP contribution in [0.2, 0.25) is 0 Å². The van der Waals surface area contributed by atoms with E-state index in [0.717, 1.165) is 25.7 Å². The molecule has 1 heterocycles. The van der Waals surface area contributed by atoms with Crippen molar-refractivity contribution >= 4 is 50.5 Å². The van der Waals surface area contributed by atoms with Crippen molar-refractivity contribution in [3.05, 3.63) is 83.0 Å². The van der Waals surface area contributed by atoms with Gasteiger partial charge in [-0.3, -0.25) is 9.78 Å². The summed E-state index contributed by atoms with van der Waals surface area (Å²) >= 11 is 3.55. The molecular weight excluding hydrogens is 694 g/mol. The third kappa shape index (κ3) is 9.85. The van der Waals surface area contributed by atoms with Crippen molar-refractivity contribution in [2.45, 2.75) is 70.6 Å². The summed E-state index contributed by atoms with van der Waals surface area (Å²) in [6.07, 6.45) is 4.52. The van der Waals surface area contributed by atoms with Crippen molar-refractivity contribution < 1.29 is 38.1 Å². The number of alkyl carbamates (subject to hydrolysis) is 1. The Labute approximate surface area is 293 Å². The van der Waals surface area contributed by atoms with Gasteiger partial charge in [-0.15, -0.1) is 0 Å². The number of ether oxygens (including phenoxy) is 5. The first-order valence-corrected chi connectivity index (χ1v) is 16.9. The molecule has 0 aliphatic heterocycles. The Morgan fingerprint density at radius 1 is 0.980 bits per heavy atom. The Bertz CT molecular complexity index is 1770. The number of rotatable bonds is 12. The standard InChI is InChI=1S/C37H40BrN3O8/c1-37(2,3)49-36(44)41-29(35(43)48-25-12-8-9-13-25)18-19-46-32-21-30-27(20-31(32)45-4)33(28(38)22-39-30)47-26-16-14-24(15-17-26)40-34(42)23-10-6-5-7-11-23/h5-7,10-11,14-17,20-22,25,29H,8-9,12-13,18-19H2,1-4H3,(H,40,42)(H,41,44). The minimum Gasteiger partial charge on any atom is -0.493 e. The molecule has 1 atom stereocenters. The van der Waals surface area contributed by atoms with Gasteiger partial charge in [0.05, 0.1) is 23.7 Å². The highest BCUT2D eigenvalue weighted by molar-refractivity contribution is 9.10. The van der Waals surface area contributed by atoms with E-state index < -0.39 is 23.7 Å². The molecule has 0 saturated heterocycles. The van der Waals surface area contributed by atoms with Crippen LogP contribution in [0.15, 0.2) is 77.4 Å². The number of nitrogens with one attached hydrogen (secondary N) is 2. The third-order valence-corrected chi connectivity index (χ3v) is 8.22. The molecule has 1 unspecified atom stereocenters. The molecule has 3 aromatic carbocycles. The van der Waals surface area contributed by atoms with E-state index >= 15 is 0 Å². The average molecular weight is 735 g/mol. The molecule has 258 valence electrons. The molecular formula is C37H40BrN3O8. The number of halogens is 1. The summed E-state index contributed by atoms with van der Waals surface area (Å²) in [6, 6.07) is 18.5. The number of hydrogen-bond donors (Lipinski definition) is 2.